The fourth-order valence-electron chi connectivity index (χ4n) is 2.90. The number of aromatic nitrogens is 2. The van der Waals surface area contributed by atoms with Gasteiger partial charge in [-0.25, -0.2) is 4.79 Å². The van der Waals surface area contributed by atoms with E-state index in [1.807, 2.05) is 58.0 Å². The van der Waals surface area contributed by atoms with E-state index in [0.29, 0.717) is 11.4 Å². The molecule has 1 aromatic carbocycles. The molecule has 0 amide bonds. The molecule has 0 aliphatic carbocycles. The number of carbonyl (C=O) groups is 2. The van der Waals surface area contributed by atoms with Crippen LogP contribution in [0.3, 0.4) is 0 Å². The highest BCUT2D eigenvalue weighted by atomic mass is 32.2. The Bertz CT molecular complexity index is 966. The van der Waals surface area contributed by atoms with Gasteiger partial charge in [0, 0.05) is 18.2 Å². The zero-order valence-electron chi connectivity index (χ0n) is 17.7. The maximum absolute atomic E-state index is 11.5. The molecule has 2 aromatic rings. The SMILES string of the molecule is CC(=O)SCC(=Cc1ccc(-c2cc(C(=O)O)[nH]n2)cc1)B1OC(C)(C)C(C)(C)O1. The second-order valence-electron chi connectivity index (χ2n) is 8.18. The van der Waals surface area contributed by atoms with E-state index in [-0.39, 0.29) is 10.8 Å². The average Bonchev–Trinajstić information content (AvgIpc) is 3.22. The maximum Gasteiger partial charge on any atom is 0.491 e. The summed E-state index contributed by atoms with van der Waals surface area (Å²) in [6, 6.07) is 9.05. The highest BCUT2D eigenvalue weighted by molar-refractivity contribution is 8.13. The van der Waals surface area contributed by atoms with Gasteiger partial charge in [0.15, 0.2) is 5.12 Å². The second-order valence-corrected chi connectivity index (χ2v) is 9.33. The average molecular weight is 428 g/mol. The van der Waals surface area contributed by atoms with Crippen LogP contribution in [0.15, 0.2) is 35.8 Å². The number of carboxylic acids is 1. The van der Waals surface area contributed by atoms with Crippen LogP contribution in [0, 0.1) is 0 Å². The zero-order chi connectivity index (χ0) is 22.1. The van der Waals surface area contributed by atoms with Gasteiger partial charge < -0.3 is 14.4 Å². The quantitative estimate of drug-likeness (QED) is 0.669. The van der Waals surface area contributed by atoms with Crippen molar-refractivity contribution in [1.82, 2.24) is 10.2 Å². The molecule has 0 unspecified atom stereocenters. The lowest BCUT2D eigenvalue weighted by Gasteiger charge is -2.32. The topological polar surface area (TPSA) is 102 Å². The minimum absolute atomic E-state index is 0.0283. The predicted octanol–water partition coefficient (Wildman–Crippen LogP) is 4.07. The van der Waals surface area contributed by atoms with Gasteiger partial charge in [-0.05, 0) is 44.8 Å². The van der Waals surface area contributed by atoms with Crippen LogP contribution in [0.25, 0.3) is 17.3 Å². The van der Waals surface area contributed by atoms with Crippen molar-refractivity contribution < 1.29 is 24.0 Å². The van der Waals surface area contributed by atoms with Crippen molar-refractivity contribution in [2.45, 2.75) is 45.8 Å². The van der Waals surface area contributed by atoms with Gasteiger partial charge in [0.25, 0.3) is 0 Å². The highest BCUT2D eigenvalue weighted by Gasteiger charge is 2.52. The summed E-state index contributed by atoms with van der Waals surface area (Å²) in [4.78, 5) is 22.5. The van der Waals surface area contributed by atoms with Crippen molar-refractivity contribution in [3.05, 3.63) is 47.1 Å². The van der Waals surface area contributed by atoms with Crippen molar-refractivity contribution in [1.29, 1.82) is 0 Å². The van der Waals surface area contributed by atoms with Crippen LogP contribution in [0.2, 0.25) is 0 Å². The molecule has 1 aromatic heterocycles. The summed E-state index contributed by atoms with van der Waals surface area (Å²) in [5, 5.41) is 15.6. The van der Waals surface area contributed by atoms with Crippen LogP contribution < -0.4 is 0 Å². The van der Waals surface area contributed by atoms with E-state index in [1.165, 1.54) is 24.8 Å². The van der Waals surface area contributed by atoms with Crippen LogP contribution in [0.4, 0.5) is 0 Å². The molecule has 0 spiro atoms. The van der Waals surface area contributed by atoms with Crippen molar-refractivity contribution in [3.8, 4) is 11.3 Å². The van der Waals surface area contributed by atoms with Crippen molar-refractivity contribution in [3.63, 3.8) is 0 Å². The molecule has 0 radical (unpaired) electrons. The third-order valence-corrected chi connectivity index (χ3v) is 6.25. The minimum atomic E-state index is -1.05. The number of hydrogen-bond donors (Lipinski definition) is 2. The van der Waals surface area contributed by atoms with Crippen molar-refractivity contribution in [2.24, 2.45) is 0 Å². The first-order valence-electron chi connectivity index (χ1n) is 9.57. The Balaban J connectivity index is 1.85. The molecule has 0 atom stereocenters. The first-order valence-corrected chi connectivity index (χ1v) is 10.6. The Morgan fingerprint density at radius 1 is 1.17 bits per heavy atom. The van der Waals surface area contributed by atoms with Crippen LogP contribution in [0.5, 0.6) is 0 Å². The van der Waals surface area contributed by atoms with E-state index in [0.717, 1.165) is 16.6 Å². The van der Waals surface area contributed by atoms with Crippen LogP contribution >= 0.6 is 11.8 Å². The number of thioether (sulfide) groups is 1. The van der Waals surface area contributed by atoms with E-state index in [2.05, 4.69) is 10.2 Å². The highest BCUT2D eigenvalue weighted by Crippen LogP contribution is 2.39. The van der Waals surface area contributed by atoms with Gasteiger partial charge in [0.05, 0.1) is 16.9 Å². The van der Waals surface area contributed by atoms with E-state index in [9.17, 15) is 9.59 Å². The number of carboxylic acid groups (broad SMARTS) is 1. The Morgan fingerprint density at radius 2 is 1.77 bits per heavy atom. The predicted molar refractivity (Wildman–Crippen MR) is 118 cm³/mol. The van der Waals surface area contributed by atoms with Gasteiger partial charge in [-0.2, -0.15) is 5.10 Å². The molecule has 1 aliphatic rings. The Labute approximate surface area is 180 Å². The molecular formula is C21H25BN2O5S. The Kier molecular flexibility index (Phi) is 6.26. The molecular weight excluding hydrogens is 403 g/mol. The van der Waals surface area contributed by atoms with Crippen LogP contribution in [-0.4, -0.2) is 50.5 Å². The molecule has 1 aliphatic heterocycles. The monoisotopic (exact) mass is 428 g/mol. The summed E-state index contributed by atoms with van der Waals surface area (Å²) in [5.41, 5.74) is 2.24. The molecule has 30 heavy (non-hydrogen) atoms. The number of benzene rings is 1. The lowest BCUT2D eigenvalue weighted by atomic mass is 9.78. The Hall–Kier alpha value is -2.36. The molecule has 2 N–H and O–H groups in total. The molecule has 9 heteroatoms. The van der Waals surface area contributed by atoms with E-state index >= 15 is 0 Å². The number of carbonyl (C=O) groups excluding carboxylic acids is 1. The fourth-order valence-corrected chi connectivity index (χ4v) is 3.49. The standard InChI is InChI=1S/C21H25BN2O5S/c1-13(25)30-12-16(22-28-20(2,3)21(4,5)29-22)10-14-6-8-15(9-7-14)17-11-18(19(26)27)24-23-17/h6-11H,12H2,1-5H3,(H,23,24)(H,26,27). The number of nitrogens with one attached hydrogen (secondary N) is 1. The first kappa shape index (κ1) is 22.3. The largest absolute Gasteiger partial charge is 0.491 e. The van der Waals surface area contributed by atoms with Gasteiger partial charge in [0.1, 0.15) is 5.69 Å². The zero-order valence-corrected chi connectivity index (χ0v) is 18.5. The third-order valence-electron chi connectivity index (χ3n) is 5.36. The molecule has 0 bridgehead atoms. The molecule has 158 valence electrons. The van der Waals surface area contributed by atoms with Gasteiger partial charge in [0.2, 0.25) is 0 Å². The normalized spacial score (nSPS) is 17.9. The van der Waals surface area contributed by atoms with Gasteiger partial charge in [-0.1, -0.05) is 42.1 Å². The number of hydrogen-bond acceptors (Lipinski definition) is 6. The summed E-state index contributed by atoms with van der Waals surface area (Å²) in [7, 11) is -0.536. The summed E-state index contributed by atoms with van der Waals surface area (Å²) < 4.78 is 12.3. The van der Waals surface area contributed by atoms with E-state index < -0.39 is 24.3 Å². The smallest absolute Gasteiger partial charge is 0.477 e. The number of H-pyrrole nitrogens is 1. The van der Waals surface area contributed by atoms with Crippen molar-refractivity contribution in [2.75, 3.05) is 5.75 Å². The van der Waals surface area contributed by atoms with E-state index in [4.69, 9.17) is 14.4 Å². The molecule has 1 saturated heterocycles. The minimum Gasteiger partial charge on any atom is -0.477 e. The number of aromatic carboxylic acids is 1. The summed E-state index contributed by atoms with van der Waals surface area (Å²) >= 11 is 1.21. The Morgan fingerprint density at radius 3 is 2.27 bits per heavy atom. The number of aromatic amines is 1. The van der Waals surface area contributed by atoms with Crippen LogP contribution in [0.1, 0.15) is 50.7 Å². The lowest BCUT2D eigenvalue weighted by Crippen LogP contribution is -2.41. The van der Waals surface area contributed by atoms with Crippen molar-refractivity contribution >= 4 is 36.0 Å². The van der Waals surface area contributed by atoms with Gasteiger partial charge in [-0.15, -0.1) is 0 Å². The number of rotatable bonds is 6. The maximum atomic E-state index is 11.5. The molecule has 2 heterocycles. The summed E-state index contributed by atoms with van der Waals surface area (Å²) in [6.45, 7) is 9.51. The molecule has 0 saturated carbocycles. The molecule has 3 rings (SSSR count). The summed E-state index contributed by atoms with van der Waals surface area (Å²) in [5.74, 6) is -0.585. The molecule has 1 fully saturated rings. The van der Waals surface area contributed by atoms with E-state index in [1.54, 1.807) is 0 Å². The van der Waals surface area contributed by atoms with Crippen LogP contribution in [-0.2, 0) is 14.1 Å². The second kappa shape index (κ2) is 8.41. The lowest BCUT2D eigenvalue weighted by molar-refractivity contribution is -0.109. The van der Waals surface area contributed by atoms with Gasteiger partial charge in [-0.3, -0.25) is 9.89 Å². The summed E-state index contributed by atoms with van der Waals surface area (Å²) in [6.07, 6.45) is 1.97. The third kappa shape index (κ3) is 4.85. The first-order chi connectivity index (χ1) is 14.0. The fraction of sp³-hybridized carbons (Fsp3) is 0.381. The molecule has 7 nitrogen and oxygen atoms in total. The van der Waals surface area contributed by atoms with Gasteiger partial charge >= 0.3 is 13.1 Å². The number of nitrogens with zero attached hydrogens (tertiary/aromatic N) is 1.